The lowest BCUT2D eigenvalue weighted by Crippen LogP contribution is -2.13. The van der Waals surface area contributed by atoms with Gasteiger partial charge in [-0.2, -0.15) is 0 Å². The van der Waals surface area contributed by atoms with Gasteiger partial charge in [-0.25, -0.2) is 4.79 Å². The summed E-state index contributed by atoms with van der Waals surface area (Å²) >= 11 is 0. The fourth-order valence-corrected chi connectivity index (χ4v) is 4.82. The van der Waals surface area contributed by atoms with Crippen molar-refractivity contribution >= 4 is 18.4 Å². The molecule has 1 atom stereocenters. The van der Waals surface area contributed by atoms with Crippen LogP contribution in [0, 0.1) is 0 Å². The van der Waals surface area contributed by atoms with Crippen LogP contribution < -0.4 is 19.5 Å². The molecule has 3 aromatic carbocycles. The molecule has 5 N–H and O–H groups in total. The third kappa shape index (κ3) is 8.03. The second-order valence-electron chi connectivity index (χ2n) is 9.46. The zero-order valence-corrected chi connectivity index (χ0v) is 23.9. The Morgan fingerprint density at radius 1 is 0.975 bits per heavy atom. The topological polar surface area (TPSA) is 129 Å². The van der Waals surface area contributed by atoms with Gasteiger partial charge in [0.05, 0.1) is 13.2 Å². The Kier molecular flexibility index (Phi) is 13.1. The van der Waals surface area contributed by atoms with E-state index >= 15 is 0 Å². The third-order valence-electron chi connectivity index (χ3n) is 6.76. The molecule has 1 saturated heterocycles. The second-order valence-corrected chi connectivity index (χ2v) is 9.46. The van der Waals surface area contributed by atoms with Crippen molar-refractivity contribution in [3.8, 4) is 28.7 Å². The molecule has 0 radical (unpaired) electrons. The number of benzene rings is 3. The molecule has 0 bridgehead atoms. The molecule has 4 rings (SSSR count). The molecule has 1 unspecified atom stereocenters. The van der Waals surface area contributed by atoms with E-state index in [1.165, 1.54) is 6.07 Å². The van der Waals surface area contributed by atoms with Crippen molar-refractivity contribution in [1.29, 1.82) is 0 Å². The van der Waals surface area contributed by atoms with Gasteiger partial charge in [0.1, 0.15) is 34.3 Å². The molecule has 218 valence electrons. The highest BCUT2D eigenvalue weighted by molar-refractivity contribution is 5.91. The lowest BCUT2D eigenvalue weighted by Gasteiger charge is -2.18. The molecule has 0 saturated carbocycles. The number of carbonyl (C=O) groups is 1. The number of aromatic carboxylic acids is 1. The van der Waals surface area contributed by atoms with Gasteiger partial charge in [-0.1, -0.05) is 38.5 Å². The summed E-state index contributed by atoms with van der Waals surface area (Å²) in [4.78, 5) is 11.6. The number of phenolic OH excluding ortho intramolecular Hbond substituents is 1. The molecule has 8 nitrogen and oxygen atoms in total. The predicted octanol–water partition coefficient (Wildman–Crippen LogP) is 6.27. The van der Waals surface area contributed by atoms with Gasteiger partial charge in [0.2, 0.25) is 0 Å². The van der Waals surface area contributed by atoms with Crippen molar-refractivity contribution < 1.29 is 34.7 Å². The first-order chi connectivity index (χ1) is 18.5. The van der Waals surface area contributed by atoms with E-state index in [1.54, 1.807) is 24.3 Å². The lowest BCUT2D eigenvalue weighted by molar-refractivity contribution is 0.0694. The van der Waals surface area contributed by atoms with Crippen LogP contribution in [0.5, 0.6) is 28.7 Å². The molecule has 1 aliphatic rings. The Morgan fingerprint density at radius 3 is 2.35 bits per heavy atom. The summed E-state index contributed by atoms with van der Waals surface area (Å²) in [6.07, 6.45) is 5.26. The summed E-state index contributed by atoms with van der Waals surface area (Å²) in [5.74, 6) is 1.57. The first-order valence-electron chi connectivity index (χ1n) is 13.5. The molecule has 0 spiro atoms. The fraction of sp³-hybridized carbons (Fsp3) is 0.387. The zero-order valence-electron chi connectivity index (χ0n) is 23.1. The van der Waals surface area contributed by atoms with Crippen LogP contribution in [0.15, 0.2) is 54.6 Å². The number of carboxylic acids is 1. The van der Waals surface area contributed by atoms with Crippen molar-refractivity contribution in [2.24, 2.45) is 0 Å². The van der Waals surface area contributed by atoms with Gasteiger partial charge in [-0.3, -0.25) is 0 Å². The summed E-state index contributed by atoms with van der Waals surface area (Å²) in [6, 6.07) is 16.2. The molecule has 1 aliphatic heterocycles. The van der Waals surface area contributed by atoms with Gasteiger partial charge in [-0.15, -0.1) is 12.4 Å². The Bertz CT molecular complexity index is 1240. The number of ether oxygens (including phenoxy) is 3. The number of para-hydroxylation sites is 1. The monoisotopic (exact) mass is 573 g/mol. The van der Waals surface area contributed by atoms with E-state index in [-0.39, 0.29) is 35.2 Å². The molecule has 1 heterocycles. The minimum atomic E-state index is -1.03. The third-order valence-corrected chi connectivity index (χ3v) is 6.76. The highest BCUT2D eigenvalue weighted by Gasteiger charge is 2.21. The smallest absolute Gasteiger partial charge is 0.339 e. The molecule has 40 heavy (non-hydrogen) atoms. The van der Waals surface area contributed by atoms with Crippen molar-refractivity contribution in [1.82, 2.24) is 5.32 Å². The average molecular weight is 574 g/mol. The first-order valence-corrected chi connectivity index (χ1v) is 13.5. The summed E-state index contributed by atoms with van der Waals surface area (Å²) < 4.78 is 18.2. The van der Waals surface area contributed by atoms with E-state index < -0.39 is 5.97 Å². The minimum absolute atomic E-state index is 0. The number of hydrogen-bond acceptors (Lipinski definition) is 6. The quantitative estimate of drug-likeness (QED) is 0.206. The Morgan fingerprint density at radius 2 is 1.68 bits per heavy atom. The number of halogens is 1. The Hall–Kier alpha value is -3.46. The SMILES string of the molecule is CCCc1c(OCCCOc2cc(O)c(C3CCCN3)cc2CC)cccc1Oc1ccccc1C(=O)O.Cl.O. The van der Waals surface area contributed by atoms with E-state index in [0.717, 1.165) is 61.1 Å². The van der Waals surface area contributed by atoms with Crippen molar-refractivity contribution in [3.05, 3.63) is 76.9 Å². The van der Waals surface area contributed by atoms with Gasteiger partial charge < -0.3 is 35.2 Å². The maximum atomic E-state index is 11.6. The van der Waals surface area contributed by atoms with E-state index in [1.807, 2.05) is 18.2 Å². The van der Waals surface area contributed by atoms with Crippen LogP contribution in [0.4, 0.5) is 0 Å². The summed E-state index contributed by atoms with van der Waals surface area (Å²) in [7, 11) is 0. The maximum absolute atomic E-state index is 11.6. The first kappa shape index (κ1) is 32.8. The Labute approximate surface area is 242 Å². The lowest BCUT2D eigenvalue weighted by atomic mass is 9.99. The number of phenols is 1. The van der Waals surface area contributed by atoms with E-state index in [9.17, 15) is 15.0 Å². The molecule has 0 amide bonds. The van der Waals surface area contributed by atoms with Crippen LogP contribution in [0.1, 0.15) is 72.6 Å². The van der Waals surface area contributed by atoms with E-state index in [2.05, 4.69) is 25.2 Å². The Balaban J connectivity index is 0.00000280. The molecule has 1 fully saturated rings. The second kappa shape index (κ2) is 16.0. The van der Waals surface area contributed by atoms with Crippen LogP contribution in [-0.2, 0) is 12.8 Å². The standard InChI is InChI=1S/C31H37NO6.ClH.H2O/c1-3-10-22-27(14-7-15-28(22)38-29-13-6-5-11-23(29)31(34)35)36-17-9-18-37-30-20-26(33)24(19-21(30)4-2)25-12-8-16-32-25;;/h5-7,11,13-15,19-20,25,32-33H,3-4,8-10,12,16-18H2,1-2H3,(H,34,35);1H;1H2. The van der Waals surface area contributed by atoms with Gasteiger partial charge >= 0.3 is 5.97 Å². The largest absolute Gasteiger partial charge is 0.507 e. The molecule has 0 aliphatic carbocycles. The number of carboxylic acid groups (broad SMARTS) is 1. The van der Waals surface area contributed by atoms with E-state index in [0.29, 0.717) is 36.9 Å². The summed E-state index contributed by atoms with van der Waals surface area (Å²) in [6.45, 7) is 6.05. The number of aromatic hydroxyl groups is 1. The highest BCUT2D eigenvalue weighted by Crippen LogP contribution is 2.37. The van der Waals surface area contributed by atoms with Crippen LogP contribution in [-0.4, -0.2) is 41.4 Å². The normalized spacial score (nSPS) is 14.1. The predicted molar refractivity (Wildman–Crippen MR) is 158 cm³/mol. The average Bonchev–Trinajstić information content (AvgIpc) is 3.45. The molecule has 3 aromatic rings. The van der Waals surface area contributed by atoms with Crippen molar-refractivity contribution in [2.75, 3.05) is 19.8 Å². The number of aryl methyl sites for hydroxylation is 1. The molecule has 9 heteroatoms. The summed E-state index contributed by atoms with van der Waals surface area (Å²) in [5.41, 5.74) is 3.06. The van der Waals surface area contributed by atoms with Crippen LogP contribution >= 0.6 is 12.4 Å². The number of hydrogen-bond donors (Lipinski definition) is 3. The van der Waals surface area contributed by atoms with Crippen LogP contribution in [0.25, 0.3) is 0 Å². The molecule has 0 aromatic heterocycles. The number of nitrogens with one attached hydrogen (secondary N) is 1. The minimum Gasteiger partial charge on any atom is -0.507 e. The maximum Gasteiger partial charge on any atom is 0.339 e. The summed E-state index contributed by atoms with van der Waals surface area (Å²) in [5, 5.41) is 23.5. The van der Waals surface area contributed by atoms with Gasteiger partial charge in [0.15, 0.2) is 0 Å². The van der Waals surface area contributed by atoms with Gasteiger partial charge in [0.25, 0.3) is 0 Å². The van der Waals surface area contributed by atoms with Gasteiger partial charge in [0, 0.05) is 29.7 Å². The van der Waals surface area contributed by atoms with Crippen LogP contribution in [0.2, 0.25) is 0 Å². The highest BCUT2D eigenvalue weighted by atomic mass is 35.5. The fourth-order valence-electron chi connectivity index (χ4n) is 4.82. The zero-order chi connectivity index (χ0) is 26.9. The van der Waals surface area contributed by atoms with Gasteiger partial charge in [-0.05, 0) is 68.1 Å². The van der Waals surface area contributed by atoms with Crippen molar-refractivity contribution in [3.63, 3.8) is 0 Å². The van der Waals surface area contributed by atoms with E-state index in [4.69, 9.17) is 14.2 Å². The van der Waals surface area contributed by atoms with Crippen LogP contribution in [0.3, 0.4) is 0 Å². The van der Waals surface area contributed by atoms with Crippen molar-refractivity contribution in [2.45, 2.75) is 58.4 Å². The molecular formula is C31H40ClNO7. The molecular weight excluding hydrogens is 534 g/mol. The number of rotatable bonds is 13.